The lowest BCUT2D eigenvalue weighted by atomic mass is 10.3. The number of methoxy groups -OCH3 is 1. The van der Waals surface area contributed by atoms with Gasteiger partial charge in [-0.05, 0) is 15.9 Å². The summed E-state index contributed by atoms with van der Waals surface area (Å²) in [6.07, 6.45) is 1.67. The van der Waals surface area contributed by atoms with Gasteiger partial charge in [-0.3, -0.25) is 0 Å². The van der Waals surface area contributed by atoms with Gasteiger partial charge < -0.3 is 20.1 Å². The minimum atomic E-state index is 0.294. The molecule has 1 aliphatic rings. The van der Waals surface area contributed by atoms with Crippen molar-refractivity contribution in [1.29, 1.82) is 0 Å². The molecule has 1 atom stereocenters. The monoisotopic (exact) mass is 302 g/mol. The van der Waals surface area contributed by atoms with Crippen LogP contribution in [0, 0.1) is 0 Å². The van der Waals surface area contributed by atoms with E-state index in [1.165, 1.54) is 0 Å². The predicted molar refractivity (Wildman–Crippen MR) is 67.4 cm³/mol. The zero-order valence-electron chi connectivity index (χ0n) is 9.57. The molecule has 2 N–H and O–H groups in total. The third-order valence-electron chi connectivity index (χ3n) is 2.41. The summed E-state index contributed by atoms with van der Waals surface area (Å²) in [4.78, 5) is 8.37. The van der Waals surface area contributed by atoms with E-state index in [1.807, 2.05) is 0 Å². The van der Waals surface area contributed by atoms with Gasteiger partial charge in [0.25, 0.3) is 0 Å². The zero-order valence-corrected chi connectivity index (χ0v) is 11.2. The van der Waals surface area contributed by atoms with Gasteiger partial charge >= 0.3 is 0 Å². The van der Waals surface area contributed by atoms with Gasteiger partial charge in [0, 0.05) is 19.1 Å². The zero-order chi connectivity index (χ0) is 12.1. The van der Waals surface area contributed by atoms with Gasteiger partial charge in [0.15, 0.2) is 0 Å². The summed E-state index contributed by atoms with van der Waals surface area (Å²) in [5.41, 5.74) is 0. The van der Waals surface area contributed by atoms with Gasteiger partial charge in [-0.1, -0.05) is 0 Å². The Balaban J connectivity index is 1.89. The lowest BCUT2D eigenvalue weighted by Gasteiger charge is -2.23. The average Bonchev–Trinajstić information content (AvgIpc) is 2.39. The molecule has 0 aromatic carbocycles. The van der Waals surface area contributed by atoms with Crippen LogP contribution in [0.5, 0.6) is 5.88 Å². The number of hydrogen-bond donors (Lipinski definition) is 2. The highest BCUT2D eigenvalue weighted by molar-refractivity contribution is 9.10. The van der Waals surface area contributed by atoms with Crippen LogP contribution in [-0.2, 0) is 4.74 Å². The number of rotatable bonds is 4. The van der Waals surface area contributed by atoms with E-state index in [0.29, 0.717) is 24.5 Å². The van der Waals surface area contributed by atoms with Crippen molar-refractivity contribution in [3.8, 4) is 5.88 Å². The molecule has 1 saturated heterocycles. The first kappa shape index (κ1) is 12.5. The van der Waals surface area contributed by atoms with Crippen LogP contribution in [0.4, 0.5) is 5.95 Å². The predicted octanol–water partition coefficient (Wildman–Crippen LogP) is 0.648. The number of aromatic nitrogens is 2. The summed E-state index contributed by atoms with van der Waals surface area (Å²) in [6, 6.07) is 0.294. The molecular formula is C10H15BrN4O2. The van der Waals surface area contributed by atoms with Crippen LogP contribution in [0.1, 0.15) is 0 Å². The van der Waals surface area contributed by atoms with Crippen molar-refractivity contribution in [2.75, 3.05) is 38.7 Å². The number of morpholine rings is 1. The molecule has 0 radical (unpaired) electrons. The number of nitrogens with one attached hydrogen (secondary N) is 2. The van der Waals surface area contributed by atoms with Crippen molar-refractivity contribution in [3.05, 3.63) is 10.7 Å². The molecule has 0 bridgehead atoms. The van der Waals surface area contributed by atoms with E-state index in [0.717, 1.165) is 24.2 Å². The number of hydrogen-bond acceptors (Lipinski definition) is 6. The Labute approximate surface area is 108 Å². The van der Waals surface area contributed by atoms with Crippen molar-refractivity contribution >= 4 is 21.9 Å². The highest BCUT2D eigenvalue weighted by Gasteiger charge is 2.13. The molecule has 0 aliphatic carbocycles. The van der Waals surface area contributed by atoms with E-state index in [2.05, 4.69) is 36.5 Å². The van der Waals surface area contributed by atoms with Crippen LogP contribution in [0.15, 0.2) is 10.7 Å². The molecule has 1 aromatic heterocycles. The van der Waals surface area contributed by atoms with Crippen molar-refractivity contribution in [1.82, 2.24) is 15.3 Å². The molecule has 2 heterocycles. The van der Waals surface area contributed by atoms with Crippen LogP contribution in [0.25, 0.3) is 0 Å². The van der Waals surface area contributed by atoms with E-state index < -0.39 is 0 Å². The topological polar surface area (TPSA) is 68.3 Å². The summed E-state index contributed by atoms with van der Waals surface area (Å²) in [6.45, 7) is 3.10. The minimum Gasteiger partial charge on any atom is -0.480 e. The first-order valence-electron chi connectivity index (χ1n) is 5.41. The Kier molecular flexibility index (Phi) is 4.52. The van der Waals surface area contributed by atoms with Gasteiger partial charge in [0.05, 0.1) is 31.0 Å². The fraction of sp³-hybridized carbons (Fsp3) is 0.600. The third-order valence-corrected chi connectivity index (χ3v) is 2.95. The molecule has 0 spiro atoms. The molecule has 0 saturated carbocycles. The minimum absolute atomic E-state index is 0.294. The van der Waals surface area contributed by atoms with E-state index in [1.54, 1.807) is 13.3 Å². The molecule has 1 aromatic rings. The standard InChI is InChI=1S/C10H15BrN4O2/c1-16-9-8(11)5-14-10(15-9)13-4-7-6-17-3-2-12-7/h5,7,12H,2-4,6H2,1H3,(H,13,14,15). The molecule has 1 unspecified atom stereocenters. The molecule has 17 heavy (non-hydrogen) atoms. The SMILES string of the molecule is COc1nc(NCC2COCCN2)ncc1Br. The highest BCUT2D eigenvalue weighted by Crippen LogP contribution is 2.21. The van der Waals surface area contributed by atoms with Crippen LogP contribution < -0.4 is 15.4 Å². The maximum absolute atomic E-state index is 5.36. The van der Waals surface area contributed by atoms with Crippen molar-refractivity contribution in [2.45, 2.75) is 6.04 Å². The van der Waals surface area contributed by atoms with Gasteiger partial charge in [0.2, 0.25) is 11.8 Å². The fourth-order valence-electron chi connectivity index (χ4n) is 1.55. The highest BCUT2D eigenvalue weighted by atomic mass is 79.9. The molecule has 94 valence electrons. The Hall–Kier alpha value is -0.920. The van der Waals surface area contributed by atoms with Gasteiger partial charge in [0.1, 0.15) is 0 Å². The molecule has 0 amide bonds. The molecule has 1 fully saturated rings. The maximum Gasteiger partial charge on any atom is 0.232 e. The Morgan fingerprint density at radius 1 is 1.71 bits per heavy atom. The first-order valence-corrected chi connectivity index (χ1v) is 6.20. The summed E-state index contributed by atoms with van der Waals surface area (Å²) < 4.78 is 11.2. The molecule has 6 nitrogen and oxygen atoms in total. The van der Waals surface area contributed by atoms with Crippen LogP contribution in [0.2, 0.25) is 0 Å². The second-order valence-corrected chi connectivity index (χ2v) is 4.51. The van der Waals surface area contributed by atoms with E-state index in [-0.39, 0.29) is 0 Å². The summed E-state index contributed by atoms with van der Waals surface area (Å²) in [5, 5.41) is 6.50. The first-order chi connectivity index (χ1) is 8.29. The fourth-order valence-corrected chi connectivity index (χ4v) is 1.90. The van der Waals surface area contributed by atoms with Crippen LogP contribution >= 0.6 is 15.9 Å². The maximum atomic E-state index is 5.36. The Morgan fingerprint density at radius 3 is 3.29 bits per heavy atom. The van der Waals surface area contributed by atoms with Crippen LogP contribution in [-0.4, -0.2) is 49.4 Å². The quantitative estimate of drug-likeness (QED) is 0.851. The van der Waals surface area contributed by atoms with E-state index in [4.69, 9.17) is 9.47 Å². The normalized spacial score (nSPS) is 20.0. The number of ether oxygens (including phenoxy) is 2. The number of anilines is 1. The molecule has 7 heteroatoms. The smallest absolute Gasteiger partial charge is 0.232 e. The molecular weight excluding hydrogens is 288 g/mol. The van der Waals surface area contributed by atoms with Crippen LogP contribution in [0.3, 0.4) is 0 Å². The number of nitrogens with zero attached hydrogens (tertiary/aromatic N) is 2. The van der Waals surface area contributed by atoms with Crippen molar-refractivity contribution in [3.63, 3.8) is 0 Å². The number of halogens is 1. The second kappa shape index (κ2) is 6.13. The lowest BCUT2D eigenvalue weighted by molar-refractivity contribution is 0.0806. The van der Waals surface area contributed by atoms with Crippen molar-refractivity contribution in [2.24, 2.45) is 0 Å². The van der Waals surface area contributed by atoms with Gasteiger partial charge in [-0.25, -0.2) is 4.98 Å². The summed E-state index contributed by atoms with van der Waals surface area (Å²) >= 11 is 3.31. The third kappa shape index (κ3) is 3.52. The summed E-state index contributed by atoms with van der Waals surface area (Å²) in [7, 11) is 1.58. The Bertz CT molecular complexity index is 371. The average molecular weight is 303 g/mol. The summed E-state index contributed by atoms with van der Waals surface area (Å²) in [5.74, 6) is 1.08. The Morgan fingerprint density at radius 2 is 2.59 bits per heavy atom. The van der Waals surface area contributed by atoms with Gasteiger partial charge in [-0.2, -0.15) is 4.98 Å². The second-order valence-electron chi connectivity index (χ2n) is 3.66. The largest absolute Gasteiger partial charge is 0.480 e. The van der Waals surface area contributed by atoms with Crippen molar-refractivity contribution < 1.29 is 9.47 Å². The van der Waals surface area contributed by atoms with E-state index in [9.17, 15) is 0 Å². The molecule has 1 aliphatic heterocycles. The lowest BCUT2D eigenvalue weighted by Crippen LogP contribution is -2.45. The van der Waals surface area contributed by atoms with Gasteiger partial charge in [-0.15, -0.1) is 0 Å². The van der Waals surface area contributed by atoms with E-state index >= 15 is 0 Å². The molecule has 2 rings (SSSR count).